The van der Waals surface area contributed by atoms with E-state index in [1.54, 1.807) is 12.1 Å². The van der Waals surface area contributed by atoms with Crippen LogP contribution in [0.1, 0.15) is 70.4 Å². The molecule has 0 radical (unpaired) electrons. The molecule has 1 N–H and O–H groups in total. The summed E-state index contributed by atoms with van der Waals surface area (Å²) in [5.74, 6) is 0.694. The maximum Gasteiger partial charge on any atom is 0.127 e. The number of hydrogen-bond acceptors (Lipinski definition) is 1. The van der Waals surface area contributed by atoms with Crippen molar-refractivity contribution in [3.8, 4) is 0 Å². The van der Waals surface area contributed by atoms with Gasteiger partial charge in [-0.05, 0) is 37.7 Å². The summed E-state index contributed by atoms with van der Waals surface area (Å²) < 4.78 is 14.0. The Balaban J connectivity index is 2.05. The first-order valence-corrected chi connectivity index (χ1v) is 8.26. The Morgan fingerprint density at radius 1 is 1.10 bits per heavy atom. The summed E-state index contributed by atoms with van der Waals surface area (Å²) in [6, 6.07) is 7.86. The van der Waals surface area contributed by atoms with Gasteiger partial charge in [-0.1, -0.05) is 51.3 Å². The molecule has 0 spiro atoms. The van der Waals surface area contributed by atoms with Gasteiger partial charge in [0.1, 0.15) is 5.82 Å². The van der Waals surface area contributed by atoms with E-state index in [0.29, 0.717) is 6.04 Å². The summed E-state index contributed by atoms with van der Waals surface area (Å²) >= 11 is 0. The van der Waals surface area contributed by atoms with Gasteiger partial charge in [-0.25, -0.2) is 4.39 Å². The quantitative estimate of drug-likeness (QED) is 0.751. The predicted octanol–water partition coefficient (Wildman–Crippen LogP) is 5.23. The van der Waals surface area contributed by atoms with Crippen molar-refractivity contribution >= 4 is 0 Å². The van der Waals surface area contributed by atoms with E-state index in [4.69, 9.17) is 0 Å². The molecule has 1 aromatic carbocycles. The van der Waals surface area contributed by atoms with Gasteiger partial charge in [-0.15, -0.1) is 0 Å². The highest BCUT2D eigenvalue weighted by molar-refractivity contribution is 5.21. The summed E-state index contributed by atoms with van der Waals surface area (Å²) in [7, 11) is 0. The van der Waals surface area contributed by atoms with Crippen LogP contribution in [0.5, 0.6) is 0 Å². The van der Waals surface area contributed by atoms with E-state index >= 15 is 0 Å². The summed E-state index contributed by atoms with van der Waals surface area (Å²) in [5.41, 5.74) is 0.823. The van der Waals surface area contributed by atoms with E-state index in [9.17, 15) is 4.39 Å². The van der Waals surface area contributed by atoms with Gasteiger partial charge in [0.25, 0.3) is 0 Å². The van der Waals surface area contributed by atoms with Crippen molar-refractivity contribution in [2.24, 2.45) is 5.92 Å². The van der Waals surface area contributed by atoms with Crippen molar-refractivity contribution in [1.29, 1.82) is 0 Å². The zero-order valence-electron chi connectivity index (χ0n) is 12.9. The van der Waals surface area contributed by atoms with Crippen LogP contribution in [0.3, 0.4) is 0 Å². The van der Waals surface area contributed by atoms with Crippen LogP contribution < -0.4 is 5.32 Å². The molecule has 0 aromatic heterocycles. The highest BCUT2D eigenvalue weighted by atomic mass is 19.1. The molecule has 1 aliphatic rings. The van der Waals surface area contributed by atoms with Crippen LogP contribution in [0, 0.1) is 11.7 Å². The van der Waals surface area contributed by atoms with Gasteiger partial charge in [-0.3, -0.25) is 0 Å². The average Bonchev–Trinajstić information content (AvgIpc) is 2.50. The lowest BCUT2D eigenvalue weighted by molar-refractivity contribution is 0.242. The summed E-state index contributed by atoms with van der Waals surface area (Å²) in [4.78, 5) is 0. The molecule has 0 bridgehead atoms. The molecular formula is C18H28FN. The zero-order chi connectivity index (χ0) is 14.4. The molecule has 20 heavy (non-hydrogen) atoms. The van der Waals surface area contributed by atoms with Gasteiger partial charge in [0.15, 0.2) is 0 Å². The van der Waals surface area contributed by atoms with E-state index < -0.39 is 0 Å². The third-order valence-electron chi connectivity index (χ3n) is 4.76. The first-order chi connectivity index (χ1) is 9.76. The second kappa shape index (κ2) is 7.78. The molecule has 2 unspecified atom stereocenters. The molecule has 1 nitrogen and oxygen atoms in total. The monoisotopic (exact) mass is 277 g/mol. The normalized spacial score (nSPS) is 19.8. The highest BCUT2D eigenvalue weighted by Gasteiger charge is 2.25. The molecule has 1 aromatic rings. The van der Waals surface area contributed by atoms with Gasteiger partial charge in [-0.2, -0.15) is 0 Å². The van der Waals surface area contributed by atoms with Crippen LogP contribution in [0.15, 0.2) is 24.3 Å². The number of halogens is 1. The number of benzene rings is 1. The van der Waals surface area contributed by atoms with Crippen LogP contribution >= 0.6 is 0 Å². The Labute approximate surface area is 123 Å². The molecule has 1 saturated carbocycles. The Hall–Kier alpha value is -0.890. The highest BCUT2D eigenvalue weighted by Crippen LogP contribution is 2.30. The van der Waals surface area contributed by atoms with Crippen molar-refractivity contribution < 1.29 is 4.39 Å². The second-order valence-corrected chi connectivity index (χ2v) is 6.06. The first kappa shape index (κ1) is 15.5. The third kappa shape index (κ3) is 3.82. The smallest absolute Gasteiger partial charge is 0.127 e. The minimum Gasteiger partial charge on any atom is -0.307 e. The maximum absolute atomic E-state index is 14.0. The molecular weight excluding hydrogens is 249 g/mol. The van der Waals surface area contributed by atoms with Crippen molar-refractivity contribution in [3.05, 3.63) is 35.6 Å². The molecule has 0 saturated heterocycles. The average molecular weight is 277 g/mol. The van der Waals surface area contributed by atoms with E-state index in [0.717, 1.165) is 24.3 Å². The van der Waals surface area contributed by atoms with Gasteiger partial charge < -0.3 is 5.32 Å². The van der Waals surface area contributed by atoms with Gasteiger partial charge in [0.05, 0.1) is 0 Å². The topological polar surface area (TPSA) is 12.0 Å². The van der Waals surface area contributed by atoms with Crippen LogP contribution in [0.4, 0.5) is 4.39 Å². The van der Waals surface area contributed by atoms with Crippen molar-refractivity contribution in [3.63, 3.8) is 0 Å². The van der Waals surface area contributed by atoms with Crippen molar-refractivity contribution in [2.75, 3.05) is 0 Å². The fourth-order valence-corrected chi connectivity index (χ4v) is 3.57. The van der Waals surface area contributed by atoms with Gasteiger partial charge in [0.2, 0.25) is 0 Å². The van der Waals surface area contributed by atoms with Crippen LogP contribution in [-0.2, 0) is 0 Å². The third-order valence-corrected chi connectivity index (χ3v) is 4.76. The predicted molar refractivity (Wildman–Crippen MR) is 83.2 cm³/mol. The van der Waals surface area contributed by atoms with Gasteiger partial charge >= 0.3 is 0 Å². The molecule has 112 valence electrons. The fourth-order valence-electron chi connectivity index (χ4n) is 3.57. The van der Waals surface area contributed by atoms with E-state index in [1.165, 1.54) is 32.1 Å². The molecule has 2 heteroatoms. The Morgan fingerprint density at radius 2 is 1.80 bits per heavy atom. The number of rotatable bonds is 6. The minimum atomic E-state index is -0.0784. The largest absolute Gasteiger partial charge is 0.307 e. The molecule has 0 heterocycles. The maximum atomic E-state index is 14.0. The zero-order valence-corrected chi connectivity index (χ0v) is 12.9. The lowest BCUT2D eigenvalue weighted by Crippen LogP contribution is -2.39. The van der Waals surface area contributed by atoms with E-state index in [1.807, 2.05) is 12.1 Å². The minimum absolute atomic E-state index is 0.0784. The van der Waals surface area contributed by atoms with Crippen LogP contribution in [0.2, 0.25) is 0 Å². The van der Waals surface area contributed by atoms with E-state index in [2.05, 4.69) is 19.2 Å². The second-order valence-electron chi connectivity index (χ2n) is 6.06. The SMILES string of the molecule is CCC(NC(CC)C1CCCCC1)c1ccccc1F. The Bertz CT molecular complexity index is 398. The van der Waals surface area contributed by atoms with Crippen molar-refractivity contribution in [1.82, 2.24) is 5.32 Å². The van der Waals surface area contributed by atoms with Crippen LogP contribution in [0.25, 0.3) is 0 Å². The fraction of sp³-hybridized carbons (Fsp3) is 0.667. The summed E-state index contributed by atoms with van der Waals surface area (Å²) in [6.07, 6.45) is 8.84. The summed E-state index contributed by atoms with van der Waals surface area (Å²) in [5, 5.41) is 3.74. The Morgan fingerprint density at radius 3 is 2.40 bits per heavy atom. The summed E-state index contributed by atoms with van der Waals surface area (Å²) in [6.45, 7) is 4.39. The molecule has 2 atom stereocenters. The molecule has 0 aliphatic heterocycles. The number of nitrogens with one attached hydrogen (secondary N) is 1. The lowest BCUT2D eigenvalue weighted by Gasteiger charge is -2.33. The van der Waals surface area contributed by atoms with Gasteiger partial charge in [0, 0.05) is 17.6 Å². The first-order valence-electron chi connectivity index (χ1n) is 8.26. The molecule has 1 aliphatic carbocycles. The van der Waals surface area contributed by atoms with E-state index in [-0.39, 0.29) is 11.9 Å². The van der Waals surface area contributed by atoms with Crippen molar-refractivity contribution in [2.45, 2.75) is 70.9 Å². The molecule has 2 rings (SSSR count). The Kier molecular flexibility index (Phi) is 6.03. The molecule has 0 amide bonds. The molecule has 1 fully saturated rings. The standard InChI is InChI=1S/C18H28FN/c1-3-17(14-10-6-5-7-11-14)20-18(4-2)15-12-8-9-13-16(15)19/h8-9,12-14,17-18,20H,3-7,10-11H2,1-2H3. The van der Waals surface area contributed by atoms with Crippen LogP contribution in [-0.4, -0.2) is 6.04 Å². The number of hydrogen-bond donors (Lipinski definition) is 1. The lowest BCUT2D eigenvalue weighted by atomic mass is 9.82.